The highest BCUT2D eigenvalue weighted by Crippen LogP contribution is 2.50. The van der Waals surface area contributed by atoms with Crippen molar-refractivity contribution in [2.45, 2.75) is 39.5 Å². The first-order valence-electron chi connectivity index (χ1n) is 5.61. The number of hydrogen-bond acceptors (Lipinski definition) is 2. The summed E-state index contributed by atoms with van der Waals surface area (Å²) >= 11 is 0. The summed E-state index contributed by atoms with van der Waals surface area (Å²) in [5, 5.41) is 0. The molecule has 14 heavy (non-hydrogen) atoms. The SMILES string of the molecule is CC(C)CC1CCC2(C1)CS(=O)(=O)C2. The monoisotopic (exact) mass is 216 g/mol. The standard InChI is InChI=1S/C11H20O2S/c1-9(2)5-10-3-4-11(6-10)7-14(12,13)8-11/h9-10H,3-8H2,1-2H3. The van der Waals surface area contributed by atoms with E-state index in [-0.39, 0.29) is 5.41 Å². The first kappa shape index (κ1) is 10.5. The molecule has 3 heteroatoms. The molecule has 1 unspecified atom stereocenters. The van der Waals surface area contributed by atoms with Gasteiger partial charge in [-0.3, -0.25) is 0 Å². The Labute approximate surface area is 87.0 Å². The topological polar surface area (TPSA) is 34.1 Å². The Morgan fingerprint density at radius 1 is 1.36 bits per heavy atom. The van der Waals surface area contributed by atoms with Crippen molar-refractivity contribution in [3.8, 4) is 0 Å². The average Bonchev–Trinajstić information content (AvgIpc) is 2.28. The Balaban J connectivity index is 1.90. The van der Waals surface area contributed by atoms with Crippen LogP contribution in [0.2, 0.25) is 0 Å². The molecule has 0 aromatic carbocycles. The highest BCUT2D eigenvalue weighted by Gasteiger charge is 2.51. The van der Waals surface area contributed by atoms with Gasteiger partial charge in [0, 0.05) is 0 Å². The van der Waals surface area contributed by atoms with Gasteiger partial charge in [-0.25, -0.2) is 8.42 Å². The Morgan fingerprint density at radius 3 is 2.50 bits per heavy atom. The zero-order chi connectivity index (χ0) is 10.4. The average molecular weight is 216 g/mol. The van der Waals surface area contributed by atoms with Gasteiger partial charge in [0.1, 0.15) is 0 Å². The molecular formula is C11H20O2S. The van der Waals surface area contributed by atoms with E-state index in [4.69, 9.17) is 0 Å². The van der Waals surface area contributed by atoms with Crippen LogP contribution in [0.5, 0.6) is 0 Å². The lowest BCUT2D eigenvalue weighted by atomic mass is 9.87. The highest BCUT2D eigenvalue weighted by atomic mass is 32.2. The second-order valence-corrected chi connectivity index (χ2v) is 7.84. The third-order valence-corrected chi connectivity index (χ3v) is 5.77. The molecule has 0 radical (unpaired) electrons. The summed E-state index contributed by atoms with van der Waals surface area (Å²) in [5.41, 5.74) is 0.221. The fourth-order valence-corrected chi connectivity index (χ4v) is 5.65. The molecule has 1 heterocycles. The largest absolute Gasteiger partial charge is 0.229 e. The van der Waals surface area contributed by atoms with Crippen LogP contribution >= 0.6 is 0 Å². The van der Waals surface area contributed by atoms with Crippen molar-refractivity contribution in [2.75, 3.05) is 11.5 Å². The van der Waals surface area contributed by atoms with Gasteiger partial charge in [-0.2, -0.15) is 0 Å². The molecule has 0 N–H and O–H groups in total. The van der Waals surface area contributed by atoms with Gasteiger partial charge in [0.2, 0.25) is 0 Å². The maximum absolute atomic E-state index is 11.2. The van der Waals surface area contributed by atoms with Crippen LogP contribution in [0.1, 0.15) is 39.5 Å². The van der Waals surface area contributed by atoms with Crippen molar-refractivity contribution >= 4 is 9.84 Å². The Hall–Kier alpha value is -0.0500. The summed E-state index contributed by atoms with van der Waals surface area (Å²) in [6.45, 7) is 4.50. The van der Waals surface area contributed by atoms with Gasteiger partial charge >= 0.3 is 0 Å². The molecule has 0 aromatic heterocycles. The van der Waals surface area contributed by atoms with Crippen molar-refractivity contribution in [1.82, 2.24) is 0 Å². The fourth-order valence-electron chi connectivity index (χ4n) is 3.35. The van der Waals surface area contributed by atoms with Crippen molar-refractivity contribution in [2.24, 2.45) is 17.3 Å². The molecule has 0 aromatic rings. The van der Waals surface area contributed by atoms with Crippen LogP contribution < -0.4 is 0 Å². The fraction of sp³-hybridized carbons (Fsp3) is 1.00. The molecule has 1 aliphatic heterocycles. The van der Waals surface area contributed by atoms with Gasteiger partial charge in [-0.1, -0.05) is 13.8 Å². The minimum Gasteiger partial charge on any atom is -0.229 e. The molecule has 82 valence electrons. The summed E-state index contributed by atoms with van der Waals surface area (Å²) in [4.78, 5) is 0. The lowest BCUT2D eigenvalue weighted by Gasteiger charge is -2.37. The number of hydrogen-bond donors (Lipinski definition) is 0. The molecule has 2 rings (SSSR count). The Kier molecular flexibility index (Phi) is 2.41. The van der Waals surface area contributed by atoms with Crippen molar-refractivity contribution in [3.05, 3.63) is 0 Å². The van der Waals surface area contributed by atoms with E-state index in [1.807, 2.05) is 0 Å². The van der Waals surface area contributed by atoms with Crippen LogP contribution in [0.3, 0.4) is 0 Å². The van der Waals surface area contributed by atoms with Gasteiger partial charge in [-0.15, -0.1) is 0 Å². The normalized spacial score (nSPS) is 33.5. The third kappa shape index (κ3) is 1.97. The third-order valence-electron chi connectivity index (χ3n) is 3.66. The van der Waals surface area contributed by atoms with Crippen molar-refractivity contribution in [1.29, 1.82) is 0 Å². The summed E-state index contributed by atoms with van der Waals surface area (Å²) in [6, 6.07) is 0. The molecule has 2 aliphatic rings. The van der Waals surface area contributed by atoms with Crippen LogP contribution in [-0.4, -0.2) is 19.9 Å². The minimum absolute atomic E-state index is 0.221. The zero-order valence-electron chi connectivity index (χ0n) is 9.12. The maximum atomic E-state index is 11.2. The summed E-state index contributed by atoms with van der Waals surface area (Å²) in [5.74, 6) is 2.51. The van der Waals surface area contributed by atoms with E-state index < -0.39 is 9.84 Å². The lowest BCUT2D eigenvalue weighted by Crippen LogP contribution is -2.46. The van der Waals surface area contributed by atoms with Gasteiger partial charge < -0.3 is 0 Å². The molecule has 0 bridgehead atoms. The molecular weight excluding hydrogens is 196 g/mol. The van der Waals surface area contributed by atoms with Crippen molar-refractivity contribution < 1.29 is 8.42 Å². The smallest absolute Gasteiger partial charge is 0.151 e. The van der Waals surface area contributed by atoms with Crippen LogP contribution in [0.4, 0.5) is 0 Å². The molecule has 1 atom stereocenters. The molecule has 1 aliphatic carbocycles. The number of sulfone groups is 1. The molecule has 1 saturated carbocycles. The molecule has 0 amide bonds. The van der Waals surface area contributed by atoms with E-state index in [2.05, 4.69) is 13.8 Å². The van der Waals surface area contributed by atoms with Crippen LogP contribution in [-0.2, 0) is 9.84 Å². The lowest BCUT2D eigenvalue weighted by molar-refractivity contribution is 0.314. The predicted octanol–water partition coefficient (Wildman–Crippen LogP) is 2.25. The van der Waals surface area contributed by atoms with Crippen molar-refractivity contribution in [3.63, 3.8) is 0 Å². The number of rotatable bonds is 2. The summed E-state index contributed by atoms with van der Waals surface area (Å²) in [6.07, 6.45) is 4.86. The van der Waals surface area contributed by atoms with E-state index >= 15 is 0 Å². The van der Waals surface area contributed by atoms with Crippen LogP contribution in [0.15, 0.2) is 0 Å². The van der Waals surface area contributed by atoms with Gasteiger partial charge in [0.05, 0.1) is 11.5 Å². The molecule has 2 fully saturated rings. The van der Waals surface area contributed by atoms with E-state index in [9.17, 15) is 8.42 Å². The molecule has 1 saturated heterocycles. The molecule has 1 spiro atoms. The second-order valence-electron chi connectivity index (χ2n) is 5.77. The second kappa shape index (κ2) is 3.22. The first-order valence-corrected chi connectivity index (χ1v) is 7.43. The van der Waals surface area contributed by atoms with Gasteiger partial charge in [0.25, 0.3) is 0 Å². The van der Waals surface area contributed by atoms with Crippen LogP contribution in [0.25, 0.3) is 0 Å². The quantitative estimate of drug-likeness (QED) is 0.709. The van der Waals surface area contributed by atoms with E-state index in [1.54, 1.807) is 0 Å². The highest BCUT2D eigenvalue weighted by molar-refractivity contribution is 7.92. The summed E-state index contributed by atoms with van der Waals surface area (Å²) < 4.78 is 22.4. The van der Waals surface area contributed by atoms with E-state index in [0.717, 1.165) is 18.3 Å². The predicted molar refractivity (Wildman–Crippen MR) is 57.9 cm³/mol. The van der Waals surface area contributed by atoms with Crippen LogP contribution in [0, 0.1) is 17.3 Å². The summed E-state index contributed by atoms with van der Waals surface area (Å²) in [7, 11) is -2.63. The minimum atomic E-state index is -2.63. The zero-order valence-corrected chi connectivity index (χ0v) is 9.94. The Bertz CT molecular complexity index is 304. The first-order chi connectivity index (χ1) is 6.41. The Morgan fingerprint density at radius 2 is 2.00 bits per heavy atom. The van der Waals surface area contributed by atoms with E-state index in [0.29, 0.717) is 11.5 Å². The van der Waals surface area contributed by atoms with Gasteiger partial charge in [-0.05, 0) is 42.9 Å². The maximum Gasteiger partial charge on any atom is 0.151 e. The van der Waals surface area contributed by atoms with E-state index in [1.165, 1.54) is 19.3 Å². The molecule has 2 nitrogen and oxygen atoms in total. The van der Waals surface area contributed by atoms with Gasteiger partial charge in [0.15, 0.2) is 9.84 Å².